The van der Waals surface area contributed by atoms with Crippen LogP contribution in [-0.4, -0.2) is 15.8 Å². The molecular formula is C17H14ClN3O3S. The third-order valence-corrected chi connectivity index (χ3v) is 5.10. The largest absolute Gasteiger partial charge is 0.467 e. The number of anilines is 1. The second-order valence-corrected chi connectivity index (χ2v) is 7.10. The number of thiocarbonyl (C=S) groups is 1. The maximum absolute atomic E-state index is 11.1. The molecule has 2 aromatic carbocycles. The normalized spacial score (nSPS) is 24.2. The van der Waals surface area contributed by atoms with Gasteiger partial charge in [0.2, 0.25) is 0 Å². The second-order valence-electron chi connectivity index (χ2n) is 6.27. The van der Waals surface area contributed by atoms with Crippen molar-refractivity contribution in [2.75, 3.05) is 4.90 Å². The number of hydrogen-bond donors (Lipinski definition) is 1. The minimum atomic E-state index is -0.691. The van der Waals surface area contributed by atoms with Gasteiger partial charge in [0.25, 0.3) is 5.69 Å². The van der Waals surface area contributed by atoms with E-state index in [-0.39, 0.29) is 11.7 Å². The highest BCUT2D eigenvalue weighted by Gasteiger charge is 2.48. The van der Waals surface area contributed by atoms with Crippen LogP contribution < -0.4 is 15.0 Å². The fourth-order valence-corrected chi connectivity index (χ4v) is 4.02. The summed E-state index contributed by atoms with van der Waals surface area (Å²) in [7, 11) is 0. The van der Waals surface area contributed by atoms with Gasteiger partial charge in [-0.25, -0.2) is 0 Å². The van der Waals surface area contributed by atoms with Crippen LogP contribution in [0.25, 0.3) is 0 Å². The van der Waals surface area contributed by atoms with E-state index >= 15 is 0 Å². The molecule has 2 aromatic rings. The molecule has 1 fully saturated rings. The van der Waals surface area contributed by atoms with E-state index in [1.54, 1.807) is 24.3 Å². The summed E-state index contributed by atoms with van der Waals surface area (Å²) < 4.78 is 6.24. The lowest BCUT2D eigenvalue weighted by Crippen LogP contribution is -2.65. The number of halogens is 1. The topological polar surface area (TPSA) is 67.6 Å². The summed E-state index contributed by atoms with van der Waals surface area (Å²) in [6, 6.07) is 11.9. The number of non-ortho nitro benzene ring substituents is 1. The molecule has 0 spiro atoms. The molecule has 1 saturated heterocycles. The number of nitro groups is 1. The lowest BCUT2D eigenvalue weighted by molar-refractivity contribution is -0.385. The van der Waals surface area contributed by atoms with Crippen LogP contribution in [0.2, 0.25) is 5.02 Å². The maximum Gasteiger partial charge on any atom is 0.270 e. The predicted molar refractivity (Wildman–Crippen MR) is 99.2 cm³/mol. The number of nitrogens with zero attached hydrogens (tertiary/aromatic N) is 2. The highest BCUT2D eigenvalue weighted by atomic mass is 35.5. The molecule has 2 aliphatic rings. The average Bonchev–Trinajstić information content (AvgIpc) is 2.55. The van der Waals surface area contributed by atoms with Crippen molar-refractivity contribution in [2.45, 2.75) is 25.1 Å². The van der Waals surface area contributed by atoms with Crippen LogP contribution in [0, 0.1) is 10.1 Å². The van der Waals surface area contributed by atoms with E-state index in [9.17, 15) is 10.1 Å². The number of nitrogens with one attached hydrogen (secondary N) is 1. The van der Waals surface area contributed by atoms with Crippen LogP contribution in [0.4, 0.5) is 11.4 Å². The summed E-state index contributed by atoms with van der Waals surface area (Å²) in [6.07, 6.45) is 0.601. The zero-order valence-electron chi connectivity index (χ0n) is 13.2. The molecule has 0 aromatic heterocycles. The number of nitro benzene ring substituents is 1. The van der Waals surface area contributed by atoms with Crippen LogP contribution in [-0.2, 0) is 0 Å². The summed E-state index contributed by atoms with van der Waals surface area (Å²) >= 11 is 11.5. The molecule has 2 atom stereocenters. The van der Waals surface area contributed by atoms with Crippen molar-refractivity contribution >= 4 is 40.3 Å². The van der Waals surface area contributed by atoms with E-state index in [1.807, 2.05) is 24.0 Å². The molecule has 0 amide bonds. The van der Waals surface area contributed by atoms with Gasteiger partial charge in [-0.1, -0.05) is 11.6 Å². The van der Waals surface area contributed by atoms with Gasteiger partial charge < -0.3 is 10.1 Å². The van der Waals surface area contributed by atoms with E-state index < -0.39 is 10.6 Å². The Morgan fingerprint density at radius 3 is 2.76 bits per heavy atom. The van der Waals surface area contributed by atoms with Crippen molar-refractivity contribution in [2.24, 2.45) is 0 Å². The van der Waals surface area contributed by atoms with Gasteiger partial charge in [0.15, 0.2) is 10.8 Å². The zero-order chi connectivity index (χ0) is 17.8. The molecule has 4 rings (SSSR count). The van der Waals surface area contributed by atoms with E-state index in [0.717, 1.165) is 11.3 Å². The number of fused-ring (bicyclic) bond motifs is 4. The third kappa shape index (κ3) is 2.60. The minimum absolute atomic E-state index is 0.0406. The van der Waals surface area contributed by atoms with Crippen molar-refractivity contribution in [3.05, 3.63) is 63.2 Å². The maximum atomic E-state index is 11.1. The van der Waals surface area contributed by atoms with Gasteiger partial charge in [0.1, 0.15) is 5.75 Å². The zero-order valence-corrected chi connectivity index (χ0v) is 14.8. The van der Waals surface area contributed by atoms with E-state index in [4.69, 9.17) is 28.6 Å². The number of hydrogen-bond acceptors (Lipinski definition) is 4. The number of rotatable bonds is 2. The third-order valence-electron chi connectivity index (χ3n) is 4.55. The van der Waals surface area contributed by atoms with Gasteiger partial charge in [-0.2, -0.15) is 0 Å². The second kappa shape index (κ2) is 5.57. The molecule has 128 valence electrons. The van der Waals surface area contributed by atoms with Crippen LogP contribution in [0.15, 0.2) is 42.5 Å². The average molecular weight is 376 g/mol. The number of benzene rings is 2. The molecule has 2 heterocycles. The summed E-state index contributed by atoms with van der Waals surface area (Å²) in [4.78, 5) is 12.6. The summed E-state index contributed by atoms with van der Waals surface area (Å²) in [5, 5.41) is 15.5. The Bertz CT molecular complexity index is 889. The molecule has 0 saturated carbocycles. The SMILES string of the molecule is C[C@@]12CC(NC(=S)N1c1ccc(Cl)cc1)c1cc([N+](=O)[O-])ccc1O2. The van der Waals surface area contributed by atoms with Crippen LogP contribution in [0.1, 0.15) is 24.9 Å². The van der Waals surface area contributed by atoms with Crippen molar-refractivity contribution in [3.63, 3.8) is 0 Å². The molecule has 2 bridgehead atoms. The van der Waals surface area contributed by atoms with Gasteiger partial charge in [0.05, 0.1) is 11.0 Å². The van der Waals surface area contributed by atoms with Gasteiger partial charge in [-0.05, 0) is 49.5 Å². The molecule has 8 heteroatoms. The molecule has 25 heavy (non-hydrogen) atoms. The van der Waals surface area contributed by atoms with E-state index in [0.29, 0.717) is 22.3 Å². The highest BCUT2D eigenvalue weighted by molar-refractivity contribution is 7.80. The van der Waals surface area contributed by atoms with Crippen LogP contribution in [0.5, 0.6) is 5.75 Å². The Hall–Kier alpha value is -2.38. The van der Waals surface area contributed by atoms with Crippen molar-refractivity contribution in [1.29, 1.82) is 0 Å². The lowest BCUT2D eigenvalue weighted by atomic mass is 9.90. The Kier molecular flexibility index (Phi) is 3.59. The van der Waals surface area contributed by atoms with E-state index in [2.05, 4.69) is 5.32 Å². The standard InChI is InChI=1S/C17H14ClN3O3S/c1-17-9-14(13-8-12(21(22)23)6-7-15(13)24-17)19-16(25)20(17)11-4-2-10(18)3-5-11/h2-8,14H,9H2,1H3,(H,19,25)/t14?,17-/m1/s1. The Balaban J connectivity index is 1.77. The summed E-state index contributed by atoms with van der Waals surface area (Å²) in [5.74, 6) is 0.623. The molecule has 1 N–H and O–H groups in total. The smallest absolute Gasteiger partial charge is 0.270 e. The highest BCUT2D eigenvalue weighted by Crippen LogP contribution is 2.46. The fraction of sp³-hybridized carbons (Fsp3) is 0.235. The fourth-order valence-electron chi connectivity index (χ4n) is 3.46. The van der Waals surface area contributed by atoms with Gasteiger partial charge in [0, 0.05) is 34.8 Å². The first kappa shape index (κ1) is 16.1. The molecule has 2 aliphatic heterocycles. The lowest BCUT2D eigenvalue weighted by Gasteiger charge is -2.52. The molecule has 1 unspecified atom stereocenters. The minimum Gasteiger partial charge on any atom is -0.467 e. The van der Waals surface area contributed by atoms with Gasteiger partial charge in [-0.3, -0.25) is 15.0 Å². The molecule has 0 radical (unpaired) electrons. The molecule has 6 nitrogen and oxygen atoms in total. The van der Waals surface area contributed by atoms with Crippen molar-refractivity contribution in [3.8, 4) is 5.75 Å². The quantitative estimate of drug-likeness (QED) is 0.482. The van der Waals surface area contributed by atoms with Crippen molar-refractivity contribution < 1.29 is 9.66 Å². The van der Waals surface area contributed by atoms with Crippen molar-refractivity contribution in [1.82, 2.24) is 5.32 Å². The first-order valence-corrected chi connectivity index (χ1v) is 8.50. The Morgan fingerprint density at radius 2 is 2.08 bits per heavy atom. The van der Waals surface area contributed by atoms with Crippen LogP contribution in [0.3, 0.4) is 0 Å². The van der Waals surface area contributed by atoms with Gasteiger partial charge in [-0.15, -0.1) is 0 Å². The molecular weight excluding hydrogens is 362 g/mol. The van der Waals surface area contributed by atoms with Gasteiger partial charge >= 0.3 is 0 Å². The van der Waals surface area contributed by atoms with Crippen LogP contribution >= 0.6 is 23.8 Å². The predicted octanol–water partition coefficient (Wildman–Crippen LogP) is 4.18. The molecule has 0 aliphatic carbocycles. The van der Waals surface area contributed by atoms with E-state index in [1.165, 1.54) is 6.07 Å². The first-order valence-electron chi connectivity index (χ1n) is 7.71. The number of ether oxygens (including phenoxy) is 1. The Morgan fingerprint density at radius 1 is 1.36 bits per heavy atom. The summed E-state index contributed by atoms with van der Waals surface area (Å²) in [5.41, 5.74) is 0.973. The monoisotopic (exact) mass is 375 g/mol. The first-order chi connectivity index (χ1) is 11.9. The Labute approximate surface area is 154 Å². The summed E-state index contributed by atoms with van der Waals surface area (Å²) in [6.45, 7) is 1.96.